The number of rotatable bonds is 4. The molecule has 0 fully saturated rings. The van der Waals surface area contributed by atoms with Crippen molar-refractivity contribution in [2.24, 2.45) is 5.73 Å². The fourth-order valence-corrected chi connectivity index (χ4v) is 2.62. The van der Waals surface area contributed by atoms with E-state index in [4.69, 9.17) is 15.2 Å². The molecule has 0 aromatic heterocycles. The Kier molecular flexibility index (Phi) is 5.77. The zero-order valence-corrected chi connectivity index (χ0v) is 16.7. The quantitative estimate of drug-likeness (QED) is 0.844. The van der Waals surface area contributed by atoms with Gasteiger partial charge in [0.25, 0.3) is 0 Å². The Labute approximate surface area is 146 Å². The molecule has 0 heterocycles. The fourth-order valence-electron chi connectivity index (χ4n) is 2.62. The lowest BCUT2D eigenvalue weighted by atomic mass is 9.76. The van der Waals surface area contributed by atoms with Gasteiger partial charge < -0.3 is 15.2 Å². The van der Waals surface area contributed by atoms with Crippen LogP contribution in [0.25, 0.3) is 0 Å². The molecular formula is C20H33NO3. The van der Waals surface area contributed by atoms with Gasteiger partial charge in [-0.3, -0.25) is 0 Å². The van der Waals surface area contributed by atoms with E-state index in [9.17, 15) is 4.79 Å². The number of nitrogens with two attached hydrogens (primary N) is 1. The van der Waals surface area contributed by atoms with Crippen molar-refractivity contribution in [1.82, 2.24) is 0 Å². The topological polar surface area (TPSA) is 61.5 Å². The summed E-state index contributed by atoms with van der Waals surface area (Å²) in [5, 5.41) is 0. The van der Waals surface area contributed by atoms with Crippen molar-refractivity contribution < 1.29 is 14.3 Å². The summed E-state index contributed by atoms with van der Waals surface area (Å²) in [5.74, 6) is 0.211. The highest BCUT2D eigenvalue weighted by Crippen LogP contribution is 2.41. The third-order valence-electron chi connectivity index (χ3n) is 4.23. The first-order valence-corrected chi connectivity index (χ1v) is 8.46. The second-order valence-electron chi connectivity index (χ2n) is 8.53. The second-order valence-corrected chi connectivity index (χ2v) is 8.53. The van der Waals surface area contributed by atoms with Gasteiger partial charge in [-0.1, -0.05) is 47.6 Å². The molecule has 1 aromatic rings. The molecule has 4 heteroatoms. The molecule has 2 N–H and O–H groups in total. The van der Waals surface area contributed by atoms with Crippen LogP contribution in [-0.4, -0.2) is 19.7 Å². The third-order valence-corrected chi connectivity index (χ3v) is 4.23. The molecule has 0 bridgehead atoms. The lowest BCUT2D eigenvalue weighted by molar-refractivity contribution is -0.149. The van der Waals surface area contributed by atoms with Crippen molar-refractivity contribution >= 4 is 5.97 Å². The average molecular weight is 335 g/mol. The van der Waals surface area contributed by atoms with Gasteiger partial charge in [0.2, 0.25) is 0 Å². The van der Waals surface area contributed by atoms with Crippen LogP contribution in [0, 0.1) is 0 Å². The van der Waals surface area contributed by atoms with E-state index >= 15 is 0 Å². The SMILES string of the molecule is CCOC(=O)C(C)(N)c1cc(C(C)(C)C)cc(C(C)(C)C)c1OC. The molecule has 0 spiro atoms. The number of methoxy groups -OCH3 is 1. The normalized spacial score (nSPS) is 14.9. The monoisotopic (exact) mass is 335 g/mol. The summed E-state index contributed by atoms with van der Waals surface area (Å²) < 4.78 is 10.9. The Morgan fingerprint density at radius 2 is 1.50 bits per heavy atom. The highest BCUT2D eigenvalue weighted by atomic mass is 16.5. The molecule has 24 heavy (non-hydrogen) atoms. The molecule has 0 aliphatic heterocycles. The summed E-state index contributed by atoms with van der Waals surface area (Å²) in [6, 6.07) is 4.13. The zero-order valence-electron chi connectivity index (χ0n) is 16.7. The molecule has 0 saturated heterocycles. The van der Waals surface area contributed by atoms with E-state index in [1.807, 2.05) is 6.07 Å². The maximum atomic E-state index is 12.5. The van der Waals surface area contributed by atoms with Crippen LogP contribution in [0.4, 0.5) is 0 Å². The average Bonchev–Trinajstić information content (AvgIpc) is 2.43. The lowest BCUT2D eigenvalue weighted by Gasteiger charge is -2.32. The van der Waals surface area contributed by atoms with Gasteiger partial charge in [0, 0.05) is 11.1 Å². The molecule has 1 unspecified atom stereocenters. The summed E-state index contributed by atoms with van der Waals surface area (Å²) in [5.41, 5.74) is 7.73. The smallest absolute Gasteiger partial charge is 0.330 e. The van der Waals surface area contributed by atoms with Crippen LogP contribution in [0.15, 0.2) is 12.1 Å². The van der Waals surface area contributed by atoms with Gasteiger partial charge in [-0.2, -0.15) is 0 Å². The number of carbonyl (C=O) groups excluding carboxylic acids is 1. The van der Waals surface area contributed by atoms with E-state index in [0.29, 0.717) is 17.9 Å². The van der Waals surface area contributed by atoms with E-state index in [2.05, 4.69) is 47.6 Å². The number of ether oxygens (including phenoxy) is 2. The number of hydrogen-bond acceptors (Lipinski definition) is 4. The molecule has 1 aromatic carbocycles. The van der Waals surface area contributed by atoms with Gasteiger partial charge in [-0.05, 0) is 36.3 Å². The van der Waals surface area contributed by atoms with Gasteiger partial charge >= 0.3 is 5.97 Å². The Morgan fingerprint density at radius 3 is 1.88 bits per heavy atom. The van der Waals surface area contributed by atoms with Crippen LogP contribution in [-0.2, 0) is 25.9 Å². The predicted octanol–water partition coefficient (Wildman–Crippen LogP) is 4.03. The molecule has 0 radical (unpaired) electrons. The highest BCUT2D eigenvalue weighted by Gasteiger charge is 2.38. The molecular weight excluding hydrogens is 302 g/mol. The van der Waals surface area contributed by atoms with Crippen molar-refractivity contribution in [3.8, 4) is 5.75 Å². The van der Waals surface area contributed by atoms with Crippen molar-refractivity contribution in [3.05, 3.63) is 28.8 Å². The van der Waals surface area contributed by atoms with Crippen LogP contribution in [0.2, 0.25) is 0 Å². The Balaban J connectivity index is 3.78. The van der Waals surface area contributed by atoms with Crippen molar-refractivity contribution in [1.29, 1.82) is 0 Å². The van der Waals surface area contributed by atoms with Crippen LogP contribution in [0.5, 0.6) is 5.75 Å². The van der Waals surface area contributed by atoms with Gasteiger partial charge in [0.15, 0.2) is 0 Å². The Hall–Kier alpha value is -1.55. The first-order valence-electron chi connectivity index (χ1n) is 8.46. The van der Waals surface area contributed by atoms with Gasteiger partial charge in [0.05, 0.1) is 13.7 Å². The fraction of sp³-hybridized carbons (Fsp3) is 0.650. The number of carbonyl (C=O) groups is 1. The van der Waals surface area contributed by atoms with Gasteiger partial charge in [-0.15, -0.1) is 0 Å². The summed E-state index contributed by atoms with van der Waals surface area (Å²) in [6.07, 6.45) is 0. The standard InChI is InChI=1S/C20H33NO3/c1-10-24-17(22)20(8,21)15-12-13(18(2,3)4)11-14(16(15)23-9)19(5,6)7/h11-12H,10,21H2,1-9H3. The van der Waals surface area contributed by atoms with E-state index in [1.165, 1.54) is 0 Å². The minimum atomic E-state index is -1.28. The lowest BCUT2D eigenvalue weighted by Crippen LogP contribution is -2.44. The molecule has 0 aliphatic rings. The minimum Gasteiger partial charge on any atom is -0.496 e. The maximum absolute atomic E-state index is 12.5. The van der Waals surface area contributed by atoms with Crippen LogP contribution in [0.1, 0.15) is 72.1 Å². The Morgan fingerprint density at radius 1 is 1.00 bits per heavy atom. The number of benzene rings is 1. The van der Waals surface area contributed by atoms with Crippen molar-refractivity contribution in [2.45, 2.75) is 71.8 Å². The van der Waals surface area contributed by atoms with Crippen molar-refractivity contribution in [3.63, 3.8) is 0 Å². The molecule has 136 valence electrons. The number of hydrogen-bond donors (Lipinski definition) is 1. The highest BCUT2D eigenvalue weighted by molar-refractivity contribution is 5.83. The zero-order chi connectivity index (χ0) is 18.9. The van der Waals surface area contributed by atoms with Crippen LogP contribution >= 0.6 is 0 Å². The first-order chi connectivity index (χ1) is 10.8. The third kappa shape index (κ3) is 4.10. The van der Waals surface area contributed by atoms with Gasteiger partial charge in [0.1, 0.15) is 11.3 Å². The predicted molar refractivity (Wildman–Crippen MR) is 98.6 cm³/mol. The summed E-state index contributed by atoms with van der Waals surface area (Å²) in [6.45, 7) is 16.5. The number of esters is 1. The summed E-state index contributed by atoms with van der Waals surface area (Å²) in [7, 11) is 1.62. The second kappa shape index (κ2) is 6.75. The van der Waals surface area contributed by atoms with E-state index in [0.717, 1.165) is 11.1 Å². The van der Waals surface area contributed by atoms with Crippen LogP contribution < -0.4 is 10.5 Å². The van der Waals surface area contributed by atoms with E-state index in [1.54, 1.807) is 21.0 Å². The van der Waals surface area contributed by atoms with Gasteiger partial charge in [-0.25, -0.2) is 4.79 Å². The molecule has 1 rings (SSSR count). The van der Waals surface area contributed by atoms with Crippen LogP contribution in [0.3, 0.4) is 0 Å². The van der Waals surface area contributed by atoms with E-state index in [-0.39, 0.29) is 10.8 Å². The van der Waals surface area contributed by atoms with Crippen molar-refractivity contribution in [2.75, 3.05) is 13.7 Å². The Bertz CT molecular complexity index is 605. The summed E-state index contributed by atoms with van der Waals surface area (Å²) in [4.78, 5) is 12.5. The maximum Gasteiger partial charge on any atom is 0.330 e. The molecule has 1 atom stereocenters. The minimum absolute atomic E-state index is 0.0776. The molecule has 0 aliphatic carbocycles. The first kappa shape index (κ1) is 20.5. The molecule has 0 saturated carbocycles. The summed E-state index contributed by atoms with van der Waals surface area (Å²) >= 11 is 0. The molecule has 4 nitrogen and oxygen atoms in total. The molecule has 0 amide bonds. The largest absolute Gasteiger partial charge is 0.496 e. The van der Waals surface area contributed by atoms with E-state index < -0.39 is 11.5 Å².